The molecule has 1 amide bonds. The lowest BCUT2D eigenvalue weighted by atomic mass is 10.2. The molecule has 0 saturated heterocycles. The molecule has 142 valence electrons. The molecule has 0 saturated carbocycles. The molecule has 1 heterocycles. The second-order valence-corrected chi connectivity index (χ2v) is 6.28. The Bertz CT molecular complexity index is 1000. The number of aryl methyl sites for hydroxylation is 2. The van der Waals surface area contributed by atoms with Crippen molar-refractivity contribution in [2.24, 2.45) is 14.1 Å². The maximum Gasteiger partial charge on any atom is 0.328 e. The number of carbonyl (C=O) groups excluding carboxylic acids is 1. The van der Waals surface area contributed by atoms with Crippen molar-refractivity contribution in [3.05, 3.63) is 52.9 Å². The summed E-state index contributed by atoms with van der Waals surface area (Å²) in [5.74, 6) is 1.43. The van der Waals surface area contributed by atoms with Gasteiger partial charge in [-0.15, -0.1) is 0 Å². The molecule has 1 N–H and O–H groups in total. The van der Waals surface area contributed by atoms with E-state index in [0.29, 0.717) is 25.1 Å². The fourth-order valence-electron chi connectivity index (χ4n) is 2.90. The minimum absolute atomic E-state index is 0.0892. The molecule has 7 heteroatoms. The van der Waals surface area contributed by atoms with E-state index in [4.69, 9.17) is 9.47 Å². The van der Waals surface area contributed by atoms with Gasteiger partial charge in [-0.3, -0.25) is 13.9 Å². The highest BCUT2D eigenvalue weighted by Crippen LogP contribution is 2.19. The first-order valence-corrected chi connectivity index (χ1v) is 8.72. The van der Waals surface area contributed by atoms with E-state index in [2.05, 4.69) is 5.32 Å². The molecule has 0 unspecified atom stereocenters. The van der Waals surface area contributed by atoms with E-state index in [9.17, 15) is 9.59 Å². The highest BCUT2D eigenvalue weighted by molar-refractivity contribution is 5.93. The van der Waals surface area contributed by atoms with Crippen LogP contribution < -0.4 is 20.5 Å². The summed E-state index contributed by atoms with van der Waals surface area (Å²) >= 11 is 0. The quantitative estimate of drug-likeness (QED) is 0.650. The number of hydrogen-bond donors (Lipinski definition) is 1. The number of nitrogens with zero attached hydrogens (tertiary/aromatic N) is 2. The van der Waals surface area contributed by atoms with Gasteiger partial charge in [0.1, 0.15) is 11.5 Å². The molecule has 2 aromatic carbocycles. The molecular weight excluding hydrogens is 346 g/mol. The Kier molecular flexibility index (Phi) is 5.49. The van der Waals surface area contributed by atoms with Crippen molar-refractivity contribution < 1.29 is 14.3 Å². The third-order valence-electron chi connectivity index (χ3n) is 4.43. The van der Waals surface area contributed by atoms with Crippen LogP contribution in [0.2, 0.25) is 0 Å². The van der Waals surface area contributed by atoms with Crippen LogP contribution in [-0.4, -0.2) is 28.8 Å². The van der Waals surface area contributed by atoms with Gasteiger partial charge in [0.05, 0.1) is 24.8 Å². The Morgan fingerprint density at radius 3 is 2.37 bits per heavy atom. The molecule has 1 aromatic heterocycles. The van der Waals surface area contributed by atoms with Crippen molar-refractivity contribution in [1.82, 2.24) is 9.13 Å². The Balaban J connectivity index is 1.51. The van der Waals surface area contributed by atoms with Gasteiger partial charge in [-0.1, -0.05) is 0 Å². The summed E-state index contributed by atoms with van der Waals surface area (Å²) in [7, 11) is 5.06. The zero-order chi connectivity index (χ0) is 19.4. The summed E-state index contributed by atoms with van der Waals surface area (Å²) in [5, 5.41) is 2.87. The maximum atomic E-state index is 12.1. The number of anilines is 1. The van der Waals surface area contributed by atoms with Crippen molar-refractivity contribution in [1.29, 1.82) is 0 Å². The molecule has 7 nitrogen and oxygen atoms in total. The fraction of sp³-hybridized carbons (Fsp3) is 0.300. The van der Waals surface area contributed by atoms with E-state index in [1.54, 1.807) is 36.4 Å². The first kappa shape index (κ1) is 18.6. The summed E-state index contributed by atoms with van der Waals surface area (Å²) in [6.45, 7) is 0.450. The number of amides is 1. The number of fused-ring (bicyclic) bond motifs is 1. The lowest BCUT2D eigenvalue weighted by Crippen LogP contribution is -2.19. The van der Waals surface area contributed by atoms with Gasteiger partial charge in [0.2, 0.25) is 5.91 Å². The average Bonchev–Trinajstić information content (AvgIpc) is 2.90. The van der Waals surface area contributed by atoms with E-state index in [0.717, 1.165) is 22.5 Å². The van der Waals surface area contributed by atoms with Crippen molar-refractivity contribution >= 4 is 22.6 Å². The molecule has 0 aliphatic rings. The molecule has 3 aromatic rings. The Hall–Kier alpha value is -3.22. The number of nitrogens with one attached hydrogen (secondary N) is 1. The highest BCUT2D eigenvalue weighted by atomic mass is 16.5. The predicted octanol–water partition coefficient (Wildman–Crippen LogP) is 2.68. The first-order valence-electron chi connectivity index (χ1n) is 8.72. The van der Waals surface area contributed by atoms with Crippen LogP contribution in [0, 0.1) is 0 Å². The van der Waals surface area contributed by atoms with E-state index in [1.165, 1.54) is 0 Å². The van der Waals surface area contributed by atoms with Crippen LogP contribution in [0.1, 0.15) is 12.8 Å². The number of hydrogen-bond acceptors (Lipinski definition) is 4. The van der Waals surface area contributed by atoms with Crippen molar-refractivity contribution in [2.75, 3.05) is 19.0 Å². The van der Waals surface area contributed by atoms with Gasteiger partial charge < -0.3 is 14.8 Å². The first-order chi connectivity index (χ1) is 13.0. The van der Waals surface area contributed by atoms with Crippen molar-refractivity contribution in [3.63, 3.8) is 0 Å². The van der Waals surface area contributed by atoms with Crippen molar-refractivity contribution in [2.45, 2.75) is 12.8 Å². The summed E-state index contributed by atoms with van der Waals surface area (Å²) in [5.41, 5.74) is 2.19. The minimum atomic E-state index is -0.0934. The molecule has 0 aliphatic heterocycles. The van der Waals surface area contributed by atoms with Crippen LogP contribution in [0.5, 0.6) is 11.5 Å². The third kappa shape index (κ3) is 4.13. The molecule has 0 spiro atoms. The van der Waals surface area contributed by atoms with E-state index in [1.807, 2.05) is 36.4 Å². The van der Waals surface area contributed by atoms with Crippen molar-refractivity contribution in [3.8, 4) is 11.5 Å². The zero-order valence-electron chi connectivity index (χ0n) is 15.7. The Morgan fingerprint density at radius 1 is 1.00 bits per heavy atom. The number of imidazole rings is 1. The van der Waals surface area contributed by atoms with Gasteiger partial charge in [0.15, 0.2) is 0 Å². The number of carbonyl (C=O) groups is 1. The number of ether oxygens (including phenoxy) is 2. The Labute approximate surface area is 157 Å². The second kappa shape index (κ2) is 7.99. The molecule has 0 aliphatic carbocycles. The topological polar surface area (TPSA) is 74.5 Å². The molecule has 27 heavy (non-hydrogen) atoms. The number of benzene rings is 2. The lowest BCUT2D eigenvalue weighted by molar-refractivity contribution is -0.116. The largest absolute Gasteiger partial charge is 0.497 e. The summed E-state index contributed by atoms with van der Waals surface area (Å²) in [6.07, 6.45) is 0.950. The predicted molar refractivity (Wildman–Crippen MR) is 105 cm³/mol. The molecular formula is C20H23N3O4. The standard InChI is InChI=1S/C20H23N3O4/c1-22-17-11-6-14(13-18(17)23(2)20(22)25)21-19(24)5-4-12-27-16-9-7-15(26-3)8-10-16/h6-11,13H,4-5,12H2,1-3H3,(H,21,24). The molecule has 0 bridgehead atoms. The van der Waals surface area contributed by atoms with Crippen LogP contribution >= 0.6 is 0 Å². The van der Waals surface area contributed by atoms with Gasteiger partial charge in [-0.2, -0.15) is 0 Å². The van der Waals surface area contributed by atoms with Gasteiger partial charge in [0.25, 0.3) is 0 Å². The van der Waals surface area contributed by atoms with Crippen LogP contribution in [0.4, 0.5) is 5.69 Å². The van der Waals surface area contributed by atoms with Crippen LogP contribution in [-0.2, 0) is 18.9 Å². The SMILES string of the molecule is COc1ccc(OCCCC(=O)Nc2ccc3c(c2)n(C)c(=O)n3C)cc1. The summed E-state index contributed by atoms with van der Waals surface area (Å²) < 4.78 is 13.9. The summed E-state index contributed by atoms with van der Waals surface area (Å²) in [4.78, 5) is 24.1. The minimum Gasteiger partial charge on any atom is -0.497 e. The number of rotatable bonds is 7. The highest BCUT2D eigenvalue weighted by Gasteiger charge is 2.09. The van der Waals surface area contributed by atoms with Crippen LogP contribution in [0.15, 0.2) is 47.3 Å². The third-order valence-corrected chi connectivity index (χ3v) is 4.43. The summed E-state index contributed by atoms with van der Waals surface area (Å²) in [6, 6.07) is 12.8. The van der Waals surface area contributed by atoms with E-state index >= 15 is 0 Å². The van der Waals surface area contributed by atoms with Crippen LogP contribution in [0.25, 0.3) is 11.0 Å². The number of aromatic nitrogens is 2. The van der Waals surface area contributed by atoms with Gasteiger partial charge in [0, 0.05) is 26.2 Å². The van der Waals surface area contributed by atoms with E-state index in [-0.39, 0.29) is 11.6 Å². The van der Waals surface area contributed by atoms with Gasteiger partial charge >= 0.3 is 5.69 Å². The average molecular weight is 369 g/mol. The van der Waals surface area contributed by atoms with Gasteiger partial charge in [-0.25, -0.2) is 4.79 Å². The molecule has 3 rings (SSSR count). The van der Waals surface area contributed by atoms with E-state index < -0.39 is 0 Å². The number of methoxy groups -OCH3 is 1. The molecule has 0 fully saturated rings. The zero-order valence-corrected chi connectivity index (χ0v) is 15.7. The fourth-order valence-corrected chi connectivity index (χ4v) is 2.90. The smallest absolute Gasteiger partial charge is 0.328 e. The normalized spacial score (nSPS) is 10.8. The molecule has 0 atom stereocenters. The maximum absolute atomic E-state index is 12.1. The second-order valence-electron chi connectivity index (χ2n) is 6.28. The molecule has 0 radical (unpaired) electrons. The monoisotopic (exact) mass is 369 g/mol. The lowest BCUT2D eigenvalue weighted by Gasteiger charge is -2.08. The Morgan fingerprint density at radius 2 is 1.67 bits per heavy atom. The van der Waals surface area contributed by atoms with Gasteiger partial charge in [-0.05, 0) is 48.9 Å². The van der Waals surface area contributed by atoms with Crippen LogP contribution in [0.3, 0.4) is 0 Å².